The Labute approximate surface area is 110 Å². The highest BCUT2D eigenvalue weighted by Gasteiger charge is 2.29. The van der Waals surface area contributed by atoms with E-state index in [4.69, 9.17) is 5.21 Å². The molecule has 0 saturated carbocycles. The molecule has 6 heteroatoms. The van der Waals surface area contributed by atoms with Gasteiger partial charge in [-0.25, -0.2) is 4.39 Å². The molecule has 19 heavy (non-hydrogen) atoms. The van der Waals surface area contributed by atoms with E-state index in [1.807, 2.05) is 6.92 Å². The number of benzene rings is 1. The van der Waals surface area contributed by atoms with E-state index >= 15 is 0 Å². The van der Waals surface area contributed by atoms with Crippen LogP contribution in [0.25, 0.3) is 0 Å². The number of carbonyl (C=O) groups is 1. The number of nitrogens with zero attached hydrogens (tertiary/aromatic N) is 2. The number of halogens is 1. The monoisotopic (exact) mass is 266 g/mol. The molecule has 1 aromatic rings. The van der Waals surface area contributed by atoms with Gasteiger partial charge in [0.2, 0.25) is 0 Å². The number of amides is 1. The van der Waals surface area contributed by atoms with Gasteiger partial charge in [-0.15, -0.1) is 0 Å². The Balaban J connectivity index is 2.22. The van der Waals surface area contributed by atoms with Gasteiger partial charge >= 0.3 is 0 Å². The van der Waals surface area contributed by atoms with E-state index < -0.39 is 11.7 Å². The number of aromatic hydroxyl groups is 1. The van der Waals surface area contributed by atoms with Crippen LogP contribution in [0.2, 0.25) is 0 Å². The summed E-state index contributed by atoms with van der Waals surface area (Å²) in [7, 11) is 0. The molecule has 2 N–H and O–H groups in total. The summed E-state index contributed by atoms with van der Waals surface area (Å²) in [4.78, 5) is 13.7. The molecule has 1 aliphatic rings. The molecule has 0 spiro atoms. The predicted molar refractivity (Wildman–Crippen MR) is 67.0 cm³/mol. The lowest BCUT2D eigenvalue weighted by molar-refractivity contribution is 0.0726. The van der Waals surface area contributed by atoms with Crippen LogP contribution in [-0.4, -0.2) is 39.9 Å². The largest absolute Gasteiger partial charge is 0.507 e. The third kappa shape index (κ3) is 2.52. The lowest BCUT2D eigenvalue weighted by atomic mass is 9.97. The molecule has 0 aromatic heterocycles. The zero-order valence-electron chi connectivity index (χ0n) is 10.5. The van der Waals surface area contributed by atoms with Gasteiger partial charge in [-0.05, 0) is 12.1 Å². The van der Waals surface area contributed by atoms with E-state index in [-0.39, 0.29) is 17.2 Å². The van der Waals surface area contributed by atoms with Crippen molar-refractivity contribution in [2.45, 2.75) is 13.3 Å². The van der Waals surface area contributed by atoms with Gasteiger partial charge in [-0.1, -0.05) is 18.1 Å². The molecule has 1 amide bonds. The van der Waals surface area contributed by atoms with Crippen molar-refractivity contribution in [3.8, 4) is 5.75 Å². The quantitative estimate of drug-likeness (QED) is 0.601. The van der Waals surface area contributed by atoms with Crippen LogP contribution < -0.4 is 0 Å². The number of oxime groups is 1. The second-order valence-electron chi connectivity index (χ2n) is 4.63. The van der Waals surface area contributed by atoms with Gasteiger partial charge < -0.3 is 15.2 Å². The van der Waals surface area contributed by atoms with Crippen molar-refractivity contribution in [2.75, 3.05) is 13.1 Å². The first kappa shape index (κ1) is 13.3. The number of hydrogen-bond acceptors (Lipinski definition) is 4. The molecule has 5 nitrogen and oxygen atoms in total. The van der Waals surface area contributed by atoms with Crippen LogP contribution in [0, 0.1) is 11.7 Å². The van der Waals surface area contributed by atoms with Crippen LogP contribution >= 0.6 is 0 Å². The normalized spacial score (nSPS) is 21.7. The molecular formula is C13H15FN2O3. The Morgan fingerprint density at radius 2 is 2.26 bits per heavy atom. The summed E-state index contributed by atoms with van der Waals surface area (Å²) in [6.45, 7) is 2.51. The highest BCUT2D eigenvalue weighted by molar-refractivity contribution is 5.98. The molecule has 2 rings (SSSR count). The van der Waals surface area contributed by atoms with Crippen molar-refractivity contribution >= 4 is 11.6 Å². The first-order valence-corrected chi connectivity index (χ1v) is 6.02. The molecule has 1 aliphatic heterocycles. The number of piperidine rings is 1. The van der Waals surface area contributed by atoms with E-state index in [1.54, 1.807) is 0 Å². The number of hydrogen-bond donors (Lipinski definition) is 2. The van der Waals surface area contributed by atoms with Crippen molar-refractivity contribution in [2.24, 2.45) is 11.1 Å². The molecule has 102 valence electrons. The fraction of sp³-hybridized carbons (Fsp3) is 0.385. The maximum atomic E-state index is 13.6. The fourth-order valence-electron chi connectivity index (χ4n) is 2.24. The highest BCUT2D eigenvalue weighted by Crippen LogP contribution is 2.24. The Bertz CT molecular complexity index is 510. The zero-order valence-corrected chi connectivity index (χ0v) is 10.5. The van der Waals surface area contributed by atoms with Gasteiger partial charge in [-0.2, -0.15) is 0 Å². The summed E-state index contributed by atoms with van der Waals surface area (Å²) < 4.78 is 13.6. The summed E-state index contributed by atoms with van der Waals surface area (Å²) in [5.74, 6) is -1.73. The van der Waals surface area contributed by atoms with Gasteiger partial charge in [0.25, 0.3) is 5.91 Å². The molecule has 1 heterocycles. The van der Waals surface area contributed by atoms with E-state index in [9.17, 15) is 14.3 Å². The topological polar surface area (TPSA) is 73.1 Å². The van der Waals surface area contributed by atoms with Gasteiger partial charge in [-0.3, -0.25) is 4.79 Å². The van der Waals surface area contributed by atoms with Gasteiger partial charge in [0.05, 0.1) is 5.71 Å². The third-order valence-corrected chi connectivity index (χ3v) is 3.32. The van der Waals surface area contributed by atoms with E-state index in [1.165, 1.54) is 17.0 Å². The molecule has 1 saturated heterocycles. The summed E-state index contributed by atoms with van der Waals surface area (Å²) in [5.41, 5.74) is 0.320. The van der Waals surface area contributed by atoms with Gasteiger partial charge in [0, 0.05) is 25.4 Å². The molecule has 1 unspecified atom stereocenters. The maximum Gasteiger partial charge on any atom is 0.260 e. The second kappa shape index (κ2) is 5.26. The number of rotatable bonds is 1. The van der Waals surface area contributed by atoms with Crippen LogP contribution in [0.1, 0.15) is 23.7 Å². The first-order valence-electron chi connectivity index (χ1n) is 6.02. The van der Waals surface area contributed by atoms with Crippen molar-refractivity contribution in [3.63, 3.8) is 0 Å². The van der Waals surface area contributed by atoms with E-state index in [0.717, 1.165) is 6.07 Å². The molecule has 0 aliphatic carbocycles. The Kier molecular flexibility index (Phi) is 3.69. The number of phenols is 1. The average molecular weight is 266 g/mol. The highest BCUT2D eigenvalue weighted by atomic mass is 19.1. The minimum absolute atomic E-state index is 0.0865. The predicted octanol–water partition coefficient (Wildman–Crippen LogP) is 1.84. The second-order valence-corrected chi connectivity index (χ2v) is 4.63. The molecule has 0 bridgehead atoms. The molecule has 0 radical (unpaired) electrons. The standard InChI is InChI=1S/C13H15FN2O3/c1-8-7-16(6-5-10(8)15-19)13(18)12-9(14)3-2-4-11(12)17/h2-4,8,17,19H,5-7H2,1H3/b15-10+. The third-order valence-electron chi connectivity index (χ3n) is 3.32. The minimum Gasteiger partial charge on any atom is -0.507 e. The number of likely N-dealkylation sites (tertiary alicyclic amines) is 1. The van der Waals surface area contributed by atoms with Gasteiger partial charge in [0.1, 0.15) is 17.1 Å². The van der Waals surface area contributed by atoms with Crippen LogP contribution in [0.15, 0.2) is 23.4 Å². The lowest BCUT2D eigenvalue weighted by Crippen LogP contribution is -2.43. The minimum atomic E-state index is -0.737. The Morgan fingerprint density at radius 3 is 2.84 bits per heavy atom. The molecule has 1 atom stereocenters. The van der Waals surface area contributed by atoms with Crippen LogP contribution in [0.5, 0.6) is 5.75 Å². The Morgan fingerprint density at radius 1 is 1.53 bits per heavy atom. The summed E-state index contributed by atoms with van der Waals surface area (Å²) in [6.07, 6.45) is 0.443. The van der Waals surface area contributed by atoms with Gasteiger partial charge in [0.15, 0.2) is 0 Å². The lowest BCUT2D eigenvalue weighted by Gasteiger charge is -2.31. The van der Waals surface area contributed by atoms with Crippen molar-refractivity contribution in [1.29, 1.82) is 0 Å². The average Bonchev–Trinajstić information content (AvgIpc) is 2.38. The summed E-state index contributed by atoms with van der Waals surface area (Å²) >= 11 is 0. The number of phenolic OH excluding ortho intramolecular Hbond substituents is 1. The smallest absolute Gasteiger partial charge is 0.260 e. The van der Waals surface area contributed by atoms with Crippen molar-refractivity contribution < 1.29 is 19.5 Å². The summed E-state index contributed by atoms with van der Waals surface area (Å²) in [5, 5.41) is 21.6. The van der Waals surface area contributed by atoms with Crippen LogP contribution in [-0.2, 0) is 0 Å². The van der Waals surface area contributed by atoms with Crippen LogP contribution in [0.3, 0.4) is 0 Å². The number of carbonyl (C=O) groups excluding carboxylic acids is 1. The van der Waals surface area contributed by atoms with E-state index in [0.29, 0.717) is 25.2 Å². The first-order chi connectivity index (χ1) is 9.04. The zero-order chi connectivity index (χ0) is 14.0. The van der Waals surface area contributed by atoms with Crippen molar-refractivity contribution in [3.05, 3.63) is 29.6 Å². The molecule has 1 fully saturated rings. The SMILES string of the molecule is CC1CN(C(=O)c2c(O)cccc2F)CC/C1=N\O. The van der Waals surface area contributed by atoms with Crippen LogP contribution in [0.4, 0.5) is 4.39 Å². The van der Waals surface area contributed by atoms with E-state index in [2.05, 4.69) is 5.16 Å². The molecule has 1 aromatic carbocycles. The fourth-order valence-corrected chi connectivity index (χ4v) is 2.24. The maximum absolute atomic E-state index is 13.6. The summed E-state index contributed by atoms with van der Waals surface area (Å²) in [6, 6.07) is 3.77. The van der Waals surface area contributed by atoms with Crippen molar-refractivity contribution in [1.82, 2.24) is 4.90 Å². The Hall–Kier alpha value is -2.11. The molecular weight excluding hydrogens is 251 g/mol.